The molecular formula is C33H44N4O11. The number of aromatic hydroxyl groups is 2. The van der Waals surface area contributed by atoms with Gasteiger partial charge in [0.25, 0.3) is 0 Å². The maximum absolute atomic E-state index is 13.8. The quantitative estimate of drug-likeness (QED) is 0.221. The van der Waals surface area contributed by atoms with Crippen LogP contribution in [0.5, 0.6) is 11.5 Å². The monoisotopic (exact) mass is 672 g/mol. The summed E-state index contributed by atoms with van der Waals surface area (Å²) in [4.78, 5) is 64.5. The number of benzene rings is 2. The predicted molar refractivity (Wildman–Crippen MR) is 172 cm³/mol. The van der Waals surface area contributed by atoms with Crippen molar-refractivity contribution < 1.29 is 53.9 Å². The van der Waals surface area contributed by atoms with Gasteiger partial charge >= 0.3 is 18.2 Å². The lowest BCUT2D eigenvalue weighted by Gasteiger charge is -2.27. The zero-order valence-corrected chi connectivity index (χ0v) is 27.7. The fourth-order valence-corrected chi connectivity index (χ4v) is 4.85. The van der Waals surface area contributed by atoms with Crippen LogP contribution >= 0.6 is 0 Å². The molecule has 4 amide bonds. The average molecular weight is 673 g/mol. The van der Waals surface area contributed by atoms with E-state index in [1.54, 1.807) is 59.7 Å². The number of amides is 4. The molecule has 0 aliphatic carbocycles. The summed E-state index contributed by atoms with van der Waals surface area (Å²) in [5.41, 5.74) is -0.228. The van der Waals surface area contributed by atoms with E-state index in [9.17, 15) is 44.4 Å². The Kier molecular flexibility index (Phi) is 11.9. The van der Waals surface area contributed by atoms with Gasteiger partial charge in [0.05, 0.1) is 6.10 Å². The van der Waals surface area contributed by atoms with E-state index in [0.717, 1.165) is 0 Å². The fraction of sp³-hybridized carbons (Fsp3) is 0.485. The Balaban J connectivity index is 2.05. The summed E-state index contributed by atoms with van der Waals surface area (Å²) in [6, 6.07) is 4.33. The van der Waals surface area contributed by atoms with Crippen molar-refractivity contribution >= 4 is 30.0 Å². The molecular weight excluding hydrogens is 628 g/mol. The van der Waals surface area contributed by atoms with E-state index in [1.165, 1.54) is 18.2 Å². The van der Waals surface area contributed by atoms with Crippen molar-refractivity contribution in [2.24, 2.45) is 0 Å². The van der Waals surface area contributed by atoms with Gasteiger partial charge in [-0.05, 0) is 88.1 Å². The van der Waals surface area contributed by atoms with Crippen LogP contribution in [0.25, 0.3) is 11.1 Å². The second-order valence-corrected chi connectivity index (χ2v) is 13.6. The predicted octanol–water partition coefficient (Wildman–Crippen LogP) is 2.09. The lowest BCUT2D eigenvalue weighted by molar-refractivity contribution is -0.142. The number of hydrogen-bond donors (Lipinski definition) is 8. The maximum Gasteiger partial charge on any atom is 0.408 e. The van der Waals surface area contributed by atoms with Crippen molar-refractivity contribution in [3.63, 3.8) is 0 Å². The summed E-state index contributed by atoms with van der Waals surface area (Å²) in [5, 5.41) is 51.6. The Hall–Kier alpha value is -5.05. The number of phenolic OH excluding ortho intramolecular Hbond substituents is 2. The van der Waals surface area contributed by atoms with Crippen LogP contribution in [-0.2, 0) is 36.7 Å². The number of carboxylic acid groups (broad SMARTS) is 1. The topological polar surface area (TPSA) is 233 Å². The van der Waals surface area contributed by atoms with Gasteiger partial charge in [0.2, 0.25) is 11.8 Å². The number of fused-ring (bicyclic) bond motifs is 5. The normalized spacial score (nSPS) is 19.4. The standard InChI is InChI=1S/C33H44N4O11/c1-32(2,3)47-30(45)34-16-22(39)15-24-28(42)36-25(29(43)44)11-17-9-19(13-21(38)10-17)18-7-8-26(40)20(12-18)14-23(27(41)35-24)37-31(46)48-33(4,5)6/h7-10,12-13,22-25,38-40H,11,14-16H2,1-6H3,(H,34,45)(H,35,41)(H,36,42)(H,37,46)(H,43,44)/t22-,23+,24+,25+/m1/s1. The van der Waals surface area contributed by atoms with E-state index in [4.69, 9.17) is 9.47 Å². The first-order valence-corrected chi connectivity index (χ1v) is 15.3. The minimum absolute atomic E-state index is 0.184. The van der Waals surface area contributed by atoms with Gasteiger partial charge in [-0.1, -0.05) is 12.1 Å². The molecule has 0 unspecified atom stereocenters. The Bertz CT molecular complexity index is 1530. The highest BCUT2D eigenvalue weighted by Crippen LogP contribution is 2.31. The van der Waals surface area contributed by atoms with Crippen LogP contribution in [0, 0.1) is 0 Å². The van der Waals surface area contributed by atoms with Gasteiger partial charge in [0.15, 0.2) is 0 Å². The van der Waals surface area contributed by atoms with Gasteiger partial charge in [-0.3, -0.25) is 9.59 Å². The number of aliphatic carboxylic acids is 1. The molecule has 4 bridgehead atoms. The molecule has 2 aromatic rings. The van der Waals surface area contributed by atoms with E-state index < -0.39 is 71.8 Å². The number of nitrogens with one attached hydrogen (secondary N) is 4. The fourth-order valence-electron chi connectivity index (χ4n) is 4.85. The summed E-state index contributed by atoms with van der Waals surface area (Å²) in [6.45, 7) is 9.41. The highest BCUT2D eigenvalue weighted by atomic mass is 16.6. The molecule has 0 fully saturated rings. The van der Waals surface area contributed by atoms with E-state index in [1.807, 2.05) is 0 Å². The number of phenols is 2. The molecule has 15 nitrogen and oxygen atoms in total. The number of carbonyl (C=O) groups is 5. The number of carbonyl (C=O) groups excluding carboxylic acids is 4. The van der Waals surface area contributed by atoms with E-state index in [-0.39, 0.29) is 36.4 Å². The maximum atomic E-state index is 13.8. The smallest absolute Gasteiger partial charge is 0.408 e. The van der Waals surface area contributed by atoms with Crippen LogP contribution in [0.15, 0.2) is 36.4 Å². The minimum atomic E-state index is -1.57. The summed E-state index contributed by atoms with van der Waals surface area (Å²) in [5.74, 6) is -3.71. The average Bonchev–Trinajstić information content (AvgIpc) is 2.93. The second-order valence-electron chi connectivity index (χ2n) is 13.6. The number of aliphatic hydroxyl groups is 1. The molecule has 0 aromatic heterocycles. The third-order valence-electron chi connectivity index (χ3n) is 6.90. The second kappa shape index (κ2) is 15.2. The van der Waals surface area contributed by atoms with Crippen LogP contribution in [0.1, 0.15) is 59.1 Å². The first-order valence-electron chi connectivity index (χ1n) is 15.3. The molecule has 1 aliphatic heterocycles. The molecule has 0 saturated carbocycles. The van der Waals surface area contributed by atoms with Crippen LogP contribution in [0.3, 0.4) is 0 Å². The Morgan fingerprint density at radius 3 is 2.15 bits per heavy atom. The molecule has 4 atom stereocenters. The highest BCUT2D eigenvalue weighted by Gasteiger charge is 2.33. The molecule has 1 aliphatic rings. The molecule has 262 valence electrons. The number of aliphatic hydroxyl groups excluding tert-OH is 1. The summed E-state index contributed by atoms with van der Waals surface area (Å²) >= 11 is 0. The molecule has 48 heavy (non-hydrogen) atoms. The number of hydrogen-bond acceptors (Lipinski definition) is 10. The van der Waals surface area contributed by atoms with E-state index in [0.29, 0.717) is 16.7 Å². The zero-order chi connectivity index (χ0) is 36.0. The SMILES string of the molecule is CC(C)(C)OC(=O)NC[C@H](O)C[C@@H]1NC(=O)[C@@H](NC(=O)OC(C)(C)C)Cc2cc(ccc2O)-c2cc(O)cc(c2)C[C@@H](C(=O)O)NC1=O. The van der Waals surface area contributed by atoms with Crippen LogP contribution in [0.2, 0.25) is 0 Å². The first kappa shape index (κ1) is 37.4. The number of alkyl carbamates (subject to hydrolysis) is 2. The molecule has 2 aromatic carbocycles. The number of ether oxygens (including phenoxy) is 2. The lowest BCUT2D eigenvalue weighted by atomic mass is 9.95. The summed E-state index contributed by atoms with van der Waals surface area (Å²) < 4.78 is 10.5. The number of rotatable bonds is 6. The van der Waals surface area contributed by atoms with E-state index >= 15 is 0 Å². The summed E-state index contributed by atoms with van der Waals surface area (Å²) in [6.07, 6.45) is -4.27. The Morgan fingerprint density at radius 2 is 1.52 bits per heavy atom. The van der Waals surface area contributed by atoms with Crippen molar-refractivity contribution in [3.05, 3.63) is 47.5 Å². The van der Waals surface area contributed by atoms with Crippen molar-refractivity contribution in [1.29, 1.82) is 0 Å². The molecule has 15 heteroatoms. The highest BCUT2D eigenvalue weighted by molar-refractivity contribution is 5.93. The molecule has 8 N–H and O–H groups in total. The Labute approximate surface area is 278 Å². The summed E-state index contributed by atoms with van der Waals surface area (Å²) in [7, 11) is 0. The molecule has 3 rings (SSSR count). The molecule has 0 spiro atoms. The third kappa shape index (κ3) is 11.6. The first-order chi connectivity index (χ1) is 22.2. The largest absolute Gasteiger partial charge is 0.508 e. The van der Waals surface area contributed by atoms with Crippen molar-refractivity contribution in [2.45, 2.75) is 96.2 Å². The van der Waals surface area contributed by atoms with E-state index in [2.05, 4.69) is 21.3 Å². The molecule has 0 radical (unpaired) electrons. The Morgan fingerprint density at radius 1 is 0.875 bits per heavy atom. The van der Waals surface area contributed by atoms with Crippen molar-refractivity contribution in [3.8, 4) is 22.6 Å². The van der Waals surface area contributed by atoms with Crippen LogP contribution in [-0.4, -0.2) is 92.4 Å². The lowest BCUT2D eigenvalue weighted by Crippen LogP contribution is -2.57. The van der Waals surface area contributed by atoms with Crippen LogP contribution < -0.4 is 21.3 Å². The van der Waals surface area contributed by atoms with Crippen molar-refractivity contribution in [2.75, 3.05) is 6.54 Å². The third-order valence-corrected chi connectivity index (χ3v) is 6.90. The van der Waals surface area contributed by atoms with Gasteiger partial charge in [0, 0.05) is 25.8 Å². The van der Waals surface area contributed by atoms with Crippen LogP contribution in [0.4, 0.5) is 9.59 Å². The van der Waals surface area contributed by atoms with Gasteiger partial charge in [-0.15, -0.1) is 0 Å². The van der Waals surface area contributed by atoms with Gasteiger partial charge in [-0.2, -0.15) is 0 Å². The molecule has 1 heterocycles. The number of carboxylic acids is 1. The zero-order valence-electron chi connectivity index (χ0n) is 27.7. The van der Waals surface area contributed by atoms with Gasteiger partial charge in [-0.25, -0.2) is 14.4 Å². The van der Waals surface area contributed by atoms with Gasteiger partial charge < -0.3 is 51.2 Å². The van der Waals surface area contributed by atoms with Crippen molar-refractivity contribution in [1.82, 2.24) is 21.3 Å². The molecule has 0 saturated heterocycles. The minimum Gasteiger partial charge on any atom is -0.508 e. The van der Waals surface area contributed by atoms with Gasteiger partial charge in [0.1, 0.15) is 40.8 Å².